The van der Waals surface area contributed by atoms with E-state index in [4.69, 9.17) is 55.9 Å². The van der Waals surface area contributed by atoms with Crippen LogP contribution in [0.15, 0.2) is 115 Å². The van der Waals surface area contributed by atoms with Crippen molar-refractivity contribution in [2.45, 2.75) is 53.2 Å². The van der Waals surface area contributed by atoms with Gasteiger partial charge in [0.2, 0.25) is 0 Å². The first-order valence-corrected chi connectivity index (χ1v) is 21.2. The van der Waals surface area contributed by atoms with Gasteiger partial charge in [0.25, 0.3) is 23.6 Å². The molecule has 332 valence electrons. The van der Waals surface area contributed by atoms with Crippen LogP contribution in [-0.4, -0.2) is 46.0 Å². The largest absolute Gasteiger partial charge is 0.506 e. The molecule has 12 nitrogen and oxygen atoms in total. The Balaban J connectivity index is 0.000000241. The molecule has 0 aliphatic rings. The highest BCUT2D eigenvalue weighted by atomic mass is 35.5. The summed E-state index contributed by atoms with van der Waals surface area (Å²) in [5.74, 6) is -1.32. The minimum Gasteiger partial charge on any atom is -0.506 e. The number of nitrogens with one attached hydrogen (secondary N) is 4. The van der Waals surface area contributed by atoms with E-state index < -0.39 is 29.9 Å². The Morgan fingerprint density at radius 3 is 1.64 bits per heavy atom. The minimum absolute atomic E-state index is 0.0636. The van der Waals surface area contributed by atoms with Gasteiger partial charge in [-0.2, -0.15) is 0 Å². The second-order valence-corrected chi connectivity index (χ2v) is 16.0. The molecule has 6 aromatic carbocycles. The molecule has 0 saturated carbocycles. The number of anilines is 4. The number of phenols is 2. The van der Waals surface area contributed by atoms with E-state index in [1.807, 2.05) is 52.0 Å². The second-order valence-electron chi connectivity index (χ2n) is 14.4. The van der Waals surface area contributed by atoms with E-state index in [2.05, 4.69) is 21.3 Å². The molecule has 16 heteroatoms. The van der Waals surface area contributed by atoms with Crippen LogP contribution in [0.2, 0.25) is 20.1 Å². The molecular formula is C48H44Cl4N4O8. The number of rotatable bonds is 13. The highest BCUT2D eigenvalue weighted by Crippen LogP contribution is 2.36. The number of aryl methyl sites for hydroxylation is 3. The number of ether oxygens (including phenoxy) is 2. The Kier molecular flexibility index (Phi) is 16.9. The lowest BCUT2D eigenvalue weighted by molar-refractivity contribution is -0.123. The zero-order valence-electron chi connectivity index (χ0n) is 35.2. The molecule has 2 atom stereocenters. The number of hydrogen-bond donors (Lipinski definition) is 6. The first-order valence-electron chi connectivity index (χ1n) is 19.7. The van der Waals surface area contributed by atoms with E-state index in [-0.39, 0.29) is 60.8 Å². The molecule has 6 N–H and O–H groups in total. The van der Waals surface area contributed by atoms with Gasteiger partial charge in [-0.3, -0.25) is 19.2 Å². The van der Waals surface area contributed by atoms with Crippen LogP contribution in [0, 0.1) is 20.8 Å². The maximum atomic E-state index is 12.8. The Hall–Kier alpha value is -6.44. The molecule has 64 heavy (non-hydrogen) atoms. The number of amides is 4. The third kappa shape index (κ3) is 13.1. The topological polar surface area (TPSA) is 175 Å². The zero-order chi connectivity index (χ0) is 46.7. The summed E-state index contributed by atoms with van der Waals surface area (Å²) in [6.07, 6.45) is -1.20. The molecule has 0 spiro atoms. The fourth-order valence-electron chi connectivity index (χ4n) is 5.93. The van der Waals surface area contributed by atoms with Crippen LogP contribution >= 0.6 is 46.4 Å². The molecule has 0 aromatic heterocycles. The van der Waals surface area contributed by atoms with Crippen molar-refractivity contribution in [3.63, 3.8) is 0 Å². The number of benzene rings is 6. The number of carbonyl (C=O) groups excluding carboxylic acids is 4. The standard InChI is InChI=1S/C25H25ClN2O4.C23H19Cl3N2O4/c1-4-22(32-23-11-10-15(2)12-16(23)3)25(31)27-19-14-21(29)20(13-18(19)26)28-24(30)17-8-6-5-7-9-17;1-12-7-8-21(17(26)9-12)32-13(2)22(30)27-18-11-20(29)19(10-16(18)25)28-23(31)14-5-3-4-6-15(14)24/h5-14,22,29H,4H2,1-3H3,(H,27,31)(H,28,30);3-11,13,29H,1-2H3,(H,27,30)(H,28,31). The summed E-state index contributed by atoms with van der Waals surface area (Å²) in [6.45, 7) is 9.19. The molecule has 0 saturated heterocycles. The van der Waals surface area contributed by atoms with E-state index >= 15 is 0 Å². The summed E-state index contributed by atoms with van der Waals surface area (Å²) in [6, 6.07) is 31.3. The van der Waals surface area contributed by atoms with Crippen molar-refractivity contribution in [2.75, 3.05) is 21.3 Å². The van der Waals surface area contributed by atoms with Crippen LogP contribution in [0.4, 0.5) is 22.7 Å². The van der Waals surface area contributed by atoms with Gasteiger partial charge in [0.05, 0.1) is 48.4 Å². The second kappa shape index (κ2) is 22.3. The number of phenolic OH excluding ortho intramolecular Hbond substituents is 2. The van der Waals surface area contributed by atoms with Crippen molar-refractivity contribution in [2.24, 2.45) is 0 Å². The number of aromatic hydroxyl groups is 2. The Bertz CT molecular complexity index is 2680. The predicted molar refractivity (Wildman–Crippen MR) is 254 cm³/mol. The Morgan fingerprint density at radius 2 is 1.08 bits per heavy atom. The smallest absolute Gasteiger partial charge is 0.265 e. The predicted octanol–water partition coefficient (Wildman–Crippen LogP) is 12.0. The van der Waals surface area contributed by atoms with Crippen molar-refractivity contribution < 1.29 is 38.9 Å². The third-order valence-corrected chi connectivity index (χ3v) is 10.6. The van der Waals surface area contributed by atoms with Gasteiger partial charge >= 0.3 is 0 Å². The van der Waals surface area contributed by atoms with E-state index in [0.29, 0.717) is 28.5 Å². The van der Waals surface area contributed by atoms with Gasteiger partial charge in [0.15, 0.2) is 12.2 Å². The first-order chi connectivity index (χ1) is 30.4. The lowest BCUT2D eigenvalue weighted by Crippen LogP contribution is -2.32. The fourth-order valence-corrected chi connectivity index (χ4v) is 6.86. The van der Waals surface area contributed by atoms with E-state index in [9.17, 15) is 29.4 Å². The first kappa shape index (κ1) is 48.6. The Morgan fingerprint density at radius 1 is 0.547 bits per heavy atom. The Labute approximate surface area is 390 Å². The average molecular weight is 947 g/mol. The van der Waals surface area contributed by atoms with Crippen molar-refractivity contribution in [1.82, 2.24) is 0 Å². The van der Waals surface area contributed by atoms with E-state index in [0.717, 1.165) is 16.7 Å². The maximum Gasteiger partial charge on any atom is 0.265 e. The van der Waals surface area contributed by atoms with Crippen molar-refractivity contribution in [1.29, 1.82) is 0 Å². The van der Waals surface area contributed by atoms with Gasteiger partial charge in [-0.15, -0.1) is 0 Å². The van der Waals surface area contributed by atoms with Crippen LogP contribution in [0.3, 0.4) is 0 Å². The summed E-state index contributed by atoms with van der Waals surface area (Å²) < 4.78 is 11.5. The minimum atomic E-state index is -0.895. The van der Waals surface area contributed by atoms with Crippen molar-refractivity contribution >= 4 is 92.8 Å². The van der Waals surface area contributed by atoms with Gasteiger partial charge in [0.1, 0.15) is 23.0 Å². The SMILES string of the molecule is CCC(Oc1ccc(C)cc1C)C(=O)Nc1cc(O)c(NC(=O)c2ccccc2)cc1Cl.Cc1ccc(OC(C)C(=O)Nc2cc(O)c(NC(=O)c3ccccc3Cl)cc2Cl)c(Cl)c1. The summed E-state index contributed by atoms with van der Waals surface area (Å²) in [5.41, 5.74) is 4.25. The van der Waals surface area contributed by atoms with Gasteiger partial charge in [-0.05, 0) is 99.8 Å². The molecule has 6 rings (SSSR count). The lowest BCUT2D eigenvalue weighted by Gasteiger charge is -2.19. The average Bonchev–Trinajstić information content (AvgIpc) is 3.25. The van der Waals surface area contributed by atoms with Gasteiger partial charge in [-0.25, -0.2) is 0 Å². The van der Waals surface area contributed by atoms with E-state index in [1.165, 1.54) is 24.3 Å². The zero-order valence-corrected chi connectivity index (χ0v) is 38.2. The molecule has 6 aromatic rings. The highest BCUT2D eigenvalue weighted by molar-refractivity contribution is 6.36. The van der Waals surface area contributed by atoms with Crippen LogP contribution < -0.4 is 30.7 Å². The highest BCUT2D eigenvalue weighted by Gasteiger charge is 2.23. The monoisotopic (exact) mass is 944 g/mol. The van der Waals surface area contributed by atoms with Crippen LogP contribution in [-0.2, 0) is 9.59 Å². The quantitative estimate of drug-likeness (QED) is 0.0620. The molecule has 0 bridgehead atoms. The van der Waals surface area contributed by atoms with Crippen LogP contribution in [0.25, 0.3) is 0 Å². The van der Waals surface area contributed by atoms with Crippen LogP contribution in [0.1, 0.15) is 57.7 Å². The molecule has 4 amide bonds. The van der Waals surface area contributed by atoms with Gasteiger partial charge in [0, 0.05) is 17.7 Å². The van der Waals surface area contributed by atoms with Gasteiger partial charge < -0.3 is 41.0 Å². The third-order valence-electron chi connectivity index (χ3n) is 9.36. The molecular weight excluding hydrogens is 902 g/mol. The molecule has 2 unspecified atom stereocenters. The lowest BCUT2D eigenvalue weighted by atomic mass is 10.1. The molecule has 0 aliphatic heterocycles. The molecule has 0 radical (unpaired) electrons. The summed E-state index contributed by atoms with van der Waals surface area (Å²) >= 11 is 24.7. The number of carbonyl (C=O) groups is 4. The van der Waals surface area contributed by atoms with Crippen molar-refractivity contribution in [3.05, 3.63) is 163 Å². The van der Waals surface area contributed by atoms with Crippen molar-refractivity contribution in [3.8, 4) is 23.0 Å². The summed E-state index contributed by atoms with van der Waals surface area (Å²) in [7, 11) is 0. The maximum absolute atomic E-state index is 12.8. The van der Waals surface area contributed by atoms with E-state index in [1.54, 1.807) is 73.7 Å². The number of hydrogen-bond acceptors (Lipinski definition) is 8. The van der Waals surface area contributed by atoms with Crippen LogP contribution in [0.5, 0.6) is 23.0 Å². The van der Waals surface area contributed by atoms with Gasteiger partial charge in [-0.1, -0.05) is 107 Å². The summed E-state index contributed by atoms with van der Waals surface area (Å²) in [4.78, 5) is 50.1. The molecule has 0 heterocycles. The molecule has 0 fully saturated rings. The molecule has 0 aliphatic carbocycles. The normalized spacial score (nSPS) is 11.5. The summed E-state index contributed by atoms with van der Waals surface area (Å²) in [5, 5.41) is 32.1. The number of halogens is 4. The fraction of sp³-hybridized carbons (Fsp3) is 0.167.